The number of benzene rings is 2. The van der Waals surface area contributed by atoms with Crippen LogP contribution in [0.2, 0.25) is 0 Å². The molecule has 0 bridgehead atoms. The van der Waals surface area contributed by atoms with Crippen LogP contribution in [-0.2, 0) is 16.3 Å². The minimum Gasteiger partial charge on any atom is -0.476 e. The second kappa shape index (κ2) is 9.85. The molecule has 0 saturated heterocycles. The van der Waals surface area contributed by atoms with E-state index in [2.05, 4.69) is 19.1 Å². The molecule has 0 amide bonds. The van der Waals surface area contributed by atoms with E-state index >= 15 is 0 Å². The lowest BCUT2D eigenvalue weighted by Crippen LogP contribution is -2.30. The summed E-state index contributed by atoms with van der Waals surface area (Å²) in [7, 11) is -1.57. The largest absolute Gasteiger partial charge is 0.476 e. The molecule has 0 aliphatic heterocycles. The van der Waals surface area contributed by atoms with Crippen LogP contribution in [0.25, 0.3) is 10.8 Å². The van der Waals surface area contributed by atoms with Gasteiger partial charge in [-0.15, -0.1) is 0 Å². The van der Waals surface area contributed by atoms with E-state index in [9.17, 15) is 8.42 Å². The molecule has 3 aromatic rings. The first-order valence-corrected chi connectivity index (χ1v) is 11.6. The number of unbranched alkanes of at least 4 members (excludes halogenated alkanes) is 1. The molecule has 3 rings (SSSR count). The molecule has 1 aromatic heterocycles. The van der Waals surface area contributed by atoms with Crippen molar-refractivity contribution in [3.05, 3.63) is 66.4 Å². The van der Waals surface area contributed by atoms with Crippen molar-refractivity contribution in [2.24, 2.45) is 0 Å². The molecule has 0 unspecified atom stereocenters. The summed E-state index contributed by atoms with van der Waals surface area (Å²) in [4.78, 5) is 6.79. The molecule has 154 valence electrons. The third-order valence-electron chi connectivity index (χ3n) is 4.75. The van der Waals surface area contributed by atoms with Crippen LogP contribution in [0, 0.1) is 0 Å². The molecular weight excluding hydrogens is 384 g/mol. The number of nitrogens with zero attached hydrogens (tertiary/aromatic N) is 2. The number of ether oxygens (including phenoxy) is 1. The van der Waals surface area contributed by atoms with E-state index in [0.717, 1.165) is 35.7 Å². The van der Waals surface area contributed by atoms with E-state index in [-0.39, 0.29) is 5.88 Å². The molecule has 0 spiro atoms. The molecule has 0 radical (unpaired) electrons. The van der Waals surface area contributed by atoms with E-state index in [4.69, 9.17) is 9.72 Å². The number of likely N-dealkylation sites (N-methyl/N-ethyl adjacent to an activating group) is 1. The van der Waals surface area contributed by atoms with Crippen LogP contribution in [-0.4, -0.2) is 44.4 Å². The van der Waals surface area contributed by atoms with Crippen LogP contribution in [0.4, 0.5) is 0 Å². The third kappa shape index (κ3) is 5.78. The van der Waals surface area contributed by atoms with Crippen molar-refractivity contribution >= 4 is 20.6 Å². The Morgan fingerprint density at radius 1 is 1.03 bits per heavy atom. The van der Waals surface area contributed by atoms with Crippen LogP contribution in [0.3, 0.4) is 0 Å². The molecule has 2 aromatic carbocycles. The van der Waals surface area contributed by atoms with Gasteiger partial charge in [0.15, 0.2) is 9.84 Å². The molecule has 0 aliphatic carbocycles. The van der Waals surface area contributed by atoms with Gasteiger partial charge in [0.2, 0.25) is 5.88 Å². The molecule has 0 fully saturated rings. The van der Waals surface area contributed by atoms with Crippen molar-refractivity contribution in [3.8, 4) is 5.88 Å². The lowest BCUT2D eigenvalue weighted by molar-refractivity contribution is 0.249. The number of aromatic nitrogens is 1. The molecule has 0 N–H and O–H groups in total. The summed E-state index contributed by atoms with van der Waals surface area (Å²) in [6.45, 7) is 3.02. The van der Waals surface area contributed by atoms with Gasteiger partial charge in [-0.25, -0.2) is 13.4 Å². The number of pyridine rings is 1. The fourth-order valence-corrected chi connectivity index (χ4v) is 4.60. The van der Waals surface area contributed by atoms with Crippen LogP contribution < -0.4 is 4.74 Å². The summed E-state index contributed by atoms with van der Waals surface area (Å²) in [5.74, 6) is 0.568. The van der Waals surface area contributed by atoms with E-state index < -0.39 is 9.84 Å². The molecule has 0 aliphatic rings. The summed E-state index contributed by atoms with van der Waals surface area (Å²) in [5, 5.41) is 2.09. The summed E-state index contributed by atoms with van der Waals surface area (Å²) in [6, 6.07) is 18.7. The highest BCUT2D eigenvalue weighted by molar-refractivity contribution is 7.91. The molecule has 0 saturated carbocycles. The predicted octanol–water partition coefficient (Wildman–Crippen LogP) is 4.32. The maximum absolute atomic E-state index is 12.5. The smallest absolute Gasteiger partial charge is 0.221 e. The van der Waals surface area contributed by atoms with Gasteiger partial charge in [-0.05, 0) is 49.5 Å². The molecule has 6 heteroatoms. The molecule has 0 atom stereocenters. The normalized spacial score (nSPS) is 11.8. The first-order valence-electron chi connectivity index (χ1n) is 9.97. The quantitative estimate of drug-likeness (QED) is 0.496. The van der Waals surface area contributed by atoms with Gasteiger partial charge in [-0.3, -0.25) is 4.90 Å². The Morgan fingerprint density at radius 3 is 2.52 bits per heavy atom. The van der Waals surface area contributed by atoms with Crippen LogP contribution in [0.15, 0.2) is 65.6 Å². The minimum atomic E-state index is -3.35. The molecule has 1 heterocycles. The highest BCUT2D eigenvalue weighted by Gasteiger charge is 2.17. The van der Waals surface area contributed by atoms with E-state index in [1.807, 2.05) is 24.3 Å². The van der Waals surface area contributed by atoms with Crippen molar-refractivity contribution < 1.29 is 13.2 Å². The van der Waals surface area contributed by atoms with Crippen molar-refractivity contribution in [1.82, 2.24) is 9.88 Å². The minimum absolute atomic E-state index is 0.0505. The standard InChI is InChI=1S/C23H28N2O3S/c1-3-4-11-20-17-19-10-8-9-14-22(19)23(24-20)28-16-15-25(2)18-29(26,27)21-12-6-5-7-13-21/h5-10,12-14,17H,3-4,11,15-16,18H2,1-2H3. The van der Waals surface area contributed by atoms with Gasteiger partial charge in [0.1, 0.15) is 12.5 Å². The number of fused-ring (bicyclic) bond motifs is 1. The Balaban J connectivity index is 1.64. The van der Waals surface area contributed by atoms with Gasteiger partial charge in [0, 0.05) is 17.6 Å². The Kier molecular flexibility index (Phi) is 7.23. The van der Waals surface area contributed by atoms with E-state index in [1.54, 1.807) is 36.2 Å². The van der Waals surface area contributed by atoms with Crippen molar-refractivity contribution in [1.29, 1.82) is 0 Å². The fraction of sp³-hybridized carbons (Fsp3) is 0.348. The van der Waals surface area contributed by atoms with E-state index in [0.29, 0.717) is 23.9 Å². The van der Waals surface area contributed by atoms with Gasteiger partial charge in [0.25, 0.3) is 0 Å². The lowest BCUT2D eigenvalue weighted by Gasteiger charge is -2.17. The Morgan fingerprint density at radius 2 is 1.76 bits per heavy atom. The molecule has 29 heavy (non-hydrogen) atoms. The van der Waals surface area contributed by atoms with Gasteiger partial charge < -0.3 is 4.74 Å². The number of sulfone groups is 1. The zero-order valence-corrected chi connectivity index (χ0v) is 17.9. The topological polar surface area (TPSA) is 59.5 Å². The molecule has 5 nitrogen and oxygen atoms in total. The fourth-order valence-electron chi connectivity index (χ4n) is 3.17. The summed E-state index contributed by atoms with van der Waals surface area (Å²) >= 11 is 0. The van der Waals surface area contributed by atoms with Crippen molar-refractivity contribution in [2.45, 2.75) is 31.1 Å². The zero-order chi connectivity index (χ0) is 20.7. The first kappa shape index (κ1) is 21.3. The summed E-state index contributed by atoms with van der Waals surface area (Å²) < 4.78 is 31.0. The Bertz CT molecular complexity index is 1040. The van der Waals surface area contributed by atoms with Crippen molar-refractivity contribution in [2.75, 3.05) is 26.1 Å². The monoisotopic (exact) mass is 412 g/mol. The maximum atomic E-state index is 12.5. The zero-order valence-electron chi connectivity index (χ0n) is 17.0. The van der Waals surface area contributed by atoms with Crippen LogP contribution in [0.1, 0.15) is 25.5 Å². The molecular formula is C23H28N2O3S. The average molecular weight is 413 g/mol. The second-order valence-electron chi connectivity index (χ2n) is 7.23. The second-order valence-corrected chi connectivity index (χ2v) is 9.19. The van der Waals surface area contributed by atoms with Crippen LogP contribution >= 0.6 is 0 Å². The third-order valence-corrected chi connectivity index (χ3v) is 6.52. The lowest BCUT2D eigenvalue weighted by atomic mass is 10.1. The number of hydrogen-bond donors (Lipinski definition) is 0. The first-order chi connectivity index (χ1) is 14.0. The number of hydrogen-bond acceptors (Lipinski definition) is 5. The highest BCUT2D eigenvalue weighted by atomic mass is 32.2. The maximum Gasteiger partial charge on any atom is 0.221 e. The Hall–Kier alpha value is -2.44. The van der Waals surface area contributed by atoms with Gasteiger partial charge in [-0.1, -0.05) is 49.7 Å². The Labute approximate surface area is 173 Å². The average Bonchev–Trinajstić information content (AvgIpc) is 2.72. The summed E-state index contributed by atoms with van der Waals surface area (Å²) in [5.41, 5.74) is 1.03. The summed E-state index contributed by atoms with van der Waals surface area (Å²) in [6.07, 6.45) is 3.13. The van der Waals surface area contributed by atoms with Gasteiger partial charge in [0.05, 0.1) is 4.90 Å². The van der Waals surface area contributed by atoms with Gasteiger partial charge >= 0.3 is 0 Å². The van der Waals surface area contributed by atoms with Crippen molar-refractivity contribution in [3.63, 3.8) is 0 Å². The SMILES string of the molecule is CCCCc1cc2ccccc2c(OCCN(C)CS(=O)(=O)c2ccccc2)n1. The number of rotatable bonds is 10. The van der Waals surface area contributed by atoms with E-state index in [1.165, 1.54) is 0 Å². The van der Waals surface area contributed by atoms with Gasteiger partial charge in [-0.2, -0.15) is 0 Å². The predicted molar refractivity (Wildman–Crippen MR) is 117 cm³/mol. The van der Waals surface area contributed by atoms with Crippen LogP contribution in [0.5, 0.6) is 5.88 Å². The highest BCUT2D eigenvalue weighted by Crippen LogP contribution is 2.25. The number of aryl methyl sites for hydroxylation is 1.